The molecule has 3 nitrogen and oxygen atoms in total. The van der Waals surface area contributed by atoms with Crippen LogP contribution >= 0.6 is 0 Å². The van der Waals surface area contributed by atoms with Gasteiger partial charge in [0.25, 0.3) is 0 Å². The first-order chi connectivity index (χ1) is 4.25. The number of rotatable bonds is 1. The Hall–Kier alpha value is -0.570. The van der Waals surface area contributed by atoms with Crippen LogP contribution in [0.2, 0.25) is 0 Å². The van der Waals surface area contributed by atoms with Gasteiger partial charge >= 0.3 is 5.97 Å². The molecule has 0 aromatic carbocycles. The number of esters is 1. The first-order valence-electron chi connectivity index (χ1n) is 3.07. The maximum atomic E-state index is 10.7. The molecular formula is C6H11NO2. The molecule has 0 amide bonds. The number of ether oxygens (including phenoxy) is 1. The first kappa shape index (κ1) is 6.55. The van der Waals surface area contributed by atoms with Crippen molar-refractivity contribution in [2.45, 2.75) is 13.0 Å². The fraction of sp³-hybridized carbons (Fsp3) is 0.833. The summed E-state index contributed by atoms with van der Waals surface area (Å²) < 4.78 is 4.52. The SMILES string of the molecule is COC(=O)[C@H]1NC[C@H]1C. The second kappa shape index (κ2) is 2.35. The number of nitrogens with one attached hydrogen (secondary N) is 1. The van der Waals surface area contributed by atoms with Crippen molar-refractivity contribution in [2.24, 2.45) is 5.92 Å². The van der Waals surface area contributed by atoms with Crippen molar-refractivity contribution in [3.63, 3.8) is 0 Å². The fourth-order valence-electron chi connectivity index (χ4n) is 0.914. The summed E-state index contributed by atoms with van der Waals surface area (Å²) in [4.78, 5) is 10.7. The highest BCUT2D eigenvalue weighted by atomic mass is 16.5. The summed E-state index contributed by atoms with van der Waals surface area (Å²) in [6.07, 6.45) is 0. The molecule has 3 heteroatoms. The van der Waals surface area contributed by atoms with Crippen molar-refractivity contribution < 1.29 is 9.53 Å². The number of carbonyl (C=O) groups excluding carboxylic acids is 1. The van der Waals surface area contributed by atoms with Crippen LogP contribution in [0.1, 0.15) is 6.92 Å². The molecule has 0 aromatic heterocycles. The van der Waals surface area contributed by atoms with E-state index in [0.29, 0.717) is 5.92 Å². The molecule has 0 aliphatic carbocycles. The van der Waals surface area contributed by atoms with E-state index in [2.05, 4.69) is 10.1 Å². The van der Waals surface area contributed by atoms with Gasteiger partial charge in [-0.3, -0.25) is 4.79 Å². The molecule has 1 aliphatic heterocycles. The third-order valence-electron chi connectivity index (χ3n) is 1.68. The summed E-state index contributed by atoms with van der Waals surface area (Å²) in [5.41, 5.74) is 0. The average Bonchev–Trinajstić information content (AvgIpc) is 1.84. The lowest BCUT2D eigenvalue weighted by Gasteiger charge is -2.32. The van der Waals surface area contributed by atoms with Crippen molar-refractivity contribution >= 4 is 5.97 Å². The van der Waals surface area contributed by atoms with Crippen LogP contribution in [-0.4, -0.2) is 25.7 Å². The number of hydrogen-bond acceptors (Lipinski definition) is 3. The topological polar surface area (TPSA) is 38.3 Å². The van der Waals surface area contributed by atoms with Gasteiger partial charge in [-0.05, 0) is 5.92 Å². The van der Waals surface area contributed by atoms with E-state index in [9.17, 15) is 4.79 Å². The molecule has 1 N–H and O–H groups in total. The molecular weight excluding hydrogens is 118 g/mol. The van der Waals surface area contributed by atoms with Crippen LogP contribution in [0.3, 0.4) is 0 Å². The molecule has 1 rings (SSSR count). The first-order valence-corrected chi connectivity index (χ1v) is 3.07. The van der Waals surface area contributed by atoms with Crippen molar-refractivity contribution in [3.05, 3.63) is 0 Å². The Labute approximate surface area is 54.4 Å². The van der Waals surface area contributed by atoms with Crippen LogP contribution in [-0.2, 0) is 9.53 Å². The molecule has 0 saturated carbocycles. The number of hydrogen-bond donors (Lipinski definition) is 1. The van der Waals surface area contributed by atoms with E-state index in [1.165, 1.54) is 7.11 Å². The molecule has 2 atom stereocenters. The Kier molecular flexibility index (Phi) is 1.71. The lowest BCUT2D eigenvalue weighted by Crippen LogP contribution is -2.56. The van der Waals surface area contributed by atoms with Gasteiger partial charge in [-0.15, -0.1) is 0 Å². The summed E-state index contributed by atoms with van der Waals surface area (Å²) in [5, 5.41) is 2.97. The maximum absolute atomic E-state index is 10.7. The minimum atomic E-state index is -0.145. The predicted octanol–water partition coefficient (Wildman–Crippen LogP) is -0.233. The van der Waals surface area contributed by atoms with Crippen molar-refractivity contribution in [1.29, 1.82) is 0 Å². The van der Waals surface area contributed by atoms with Gasteiger partial charge < -0.3 is 10.1 Å². The zero-order valence-corrected chi connectivity index (χ0v) is 5.68. The van der Waals surface area contributed by atoms with Crippen molar-refractivity contribution in [2.75, 3.05) is 13.7 Å². The molecule has 1 aliphatic rings. The van der Waals surface area contributed by atoms with E-state index in [1.54, 1.807) is 0 Å². The molecule has 0 unspecified atom stereocenters. The second-order valence-electron chi connectivity index (χ2n) is 2.39. The maximum Gasteiger partial charge on any atom is 0.323 e. The van der Waals surface area contributed by atoms with Crippen LogP contribution in [0.5, 0.6) is 0 Å². The Balaban J connectivity index is 2.35. The van der Waals surface area contributed by atoms with Crippen LogP contribution < -0.4 is 5.32 Å². The van der Waals surface area contributed by atoms with E-state index in [1.807, 2.05) is 6.92 Å². The zero-order chi connectivity index (χ0) is 6.85. The second-order valence-corrected chi connectivity index (χ2v) is 2.39. The Morgan fingerprint density at radius 3 is 2.56 bits per heavy atom. The molecule has 0 spiro atoms. The summed E-state index contributed by atoms with van der Waals surface area (Å²) in [5.74, 6) is 0.297. The van der Waals surface area contributed by atoms with Crippen LogP contribution in [0.15, 0.2) is 0 Å². The lowest BCUT2D eigenvalue weighted by molar-refractivity contribution is -0.146. The highest BCUT2D eigenvalue weighted by molar-refractivity contribution is 5.77. The monoisotopic (exact) mass is 129 g/mol. The van der Waals surface area contributed by atoms with Crippen LogP contribution in [0.4, 0.5) is 0 Å². The van der Waals surface area contributed by atoms with Gasteiger partial charge in [-0.2, -0.15) is 0 Å². The third kappa shape index (κ3) is 1.05. The molecule has 1 fully saturated rings. The molecule has 9 heavy (non-hydrogen) atoms. The third-order valence-corrected chi connectivity index (χ3v) is 1.68. The standard InChI is InChI=1S/C6H11NO2/c1-4-3-7-5(4)6(8)9-2/h4-5,7H,3H2,1-2H3/t4-,5+/m1/s1. The molecule has 0 radical (unpaired) electrons. The summed E-state index contributed by atoms with van der Waals surface area (Å²) in [6, 6.07) is -0.0463. The Morgan fingerprint density at radius 2 is 2.44 bits per heavy atom. The normalized spacial score (nSPS) is 33.1. The zero-order valence-electron chi connectivity index (χ0n) is 5.68. The fourth-order valence-corrected chi connectivity index (χ4v) is 0.914. The van der Waals surface area contributed by atoms with Gasteiger partial charge in [0.15, 0.2) is 0 Å². The van der Waals surface area contributed by atoms with Crippen LogP contribution in [0, 0.1) is 5.92 Å². The van der Waals surface area contributed by atoms with Crippen molar-refractivity contribution in [1.82, 2.24) is 5.32 Å². The Morgan fingerprint density at radius 1 is 1.78 bits per heavy atom. The van der Waals surface area contributed by atoms with Gasteiger partial charge in [-0.25, -0.2) is 0 Å². The summed E-state index contributed by atoms with van der Waals surface area (Å²) in [6.45, 7) is 2.96. The predicted molar refractivity (Wildman–Crippen MR) is 33.0 cm³/mol. The summed E-state index contributed by atoms with van der Waals surface area (Å²) in [7, 11) is 1.41. The number of carbonyl (C=O) groups is 1. The van der Waals surface area contributed by atoms with Gasteiger partial charge in [0.2, 0.25) is 0 Å². The average molecular weight is 129 g/mol. The van der Waals surface area contributed by atoms with Gasteiger partial charge in [-0.1, -0.05) is 6.92 Å². The van der Waals surface area contributed by atoms with Gasteiger partial charge in [0.05, 0.1) is 7.11 Å². The van der Waals surface area contributed by atoms with E-state index >= 15 is 0 Å². The quantitative estimate of drug-likeness (QED) is 0.497. The van der Waals surface area contributed by atoms with Crippen molar-refractivity contribution in [3.8, 4) is 0 Å². The van der Waals surface area contributed by atoms with Crippen LogP contribution in [0.25, 0.3) is 0 Å². The van der Waals surface area contributed by atoms with E-state index in [-0.39, 0.29) is 12.0 Å². The highest BCUT2D eigenvalue weighted by Crippen LogP contribution is 2.12. The molecule has 52 valence electrons. The molecule has 0 bridgehead atoms. The Bertz CT molecular complexity index is 124. The molecule has 0 aromatic rings. The van der Waals surface area contributed by atoms with E-state index in [0.717, 1.165) is 6.54 Å². The van der Waals surface area contributed by atoms with Gasteiger partial charge in [0.1, 0.15) is 6.04 Å². The highest BCUT2D eigenvalue weighted by Gasteiger charge is 2.32. The van der Waals surface area contributed by atoms with Gasteiger partial charge in [0, 0.05) is 6.54 Å². The van der Waals surface area contributed by atoms with E-state index in [4.69, 9.17) is 0 Å². The minimum absolute atomic E-state index is 0.0463. The lowest BCUT2D eigenvalue weighted by atomic mass is 9.94. The number of methoxy groups -OCH3 is 1. The molecule has 1 saturated heterocycles. The van der Waals surface area contributed by atoms with E-state index < -0.39 is 0 Å². The largest absolute Gasteiger partial charge is 0.468 e. The summed E-state index contributed by atoms with van der Waals surface area (Å²) >= 11 is 0. The minimum Gasteiger partial charge on any atom is -0.468 e. The smallest absolute Gasteiger partial charge is 0.323 e. The molecule has 1 heterocycles.